The van der Waals surface area contributed by atoms with Gasteiger partial charge in [0.2, 0.25) is 3.79 Å². The van der Waals surface area contributed by atoms with Crippen molar-refractivity contribution in [2.24, 2.45) is 7.05 Å². The predicted molar refractivity (Wildman–Crippen MR) is 70.3 cm³/mol. The molecule has 1 heterocycles. The van der Waals surface area contributed by atoms with E-state index in [1.807, 2.05) is 13.8 Å². The third kappa shape index (κ3) is 3.99. The molecule has 5 nitrogen and oxygen atoms in total. The van der Waals surface area contributed by atoms with Crippen molar-refractivity contribution in [3.63, 3.8) is 0 Å². The van der Waals surface area contributed by atoms with Gasteiger partial charge < -0.3 is 0 Å². The quantitative estimate of drug-likeness (QED) is 0.623. The molecule has 1 aromatic heterocycles. The van der Waals surface area contributed by atoms with E-state index < -0.39 is 20.7 Å². The Morgan fingerprint density at radius 3 is 2.44 bits per heavy atom. The molecular weight excluding hydrogens is 323 g/mol. The maximum absolute atomic E-state index is 12.0. The summed E-state index contributed by atoms with van der Waals surface area (Å²) >= 11 is 16.4. The first-order chi connectivity index (χ1) is 8.04. The molecule has 0 radical (unpaired) electrons. The first-order valence-corrected chi connectivity index (χ1v) is 7.58. The molecule has 0 saturated heterocycles. The van der Waals surface area contributed by atoms with Gasteiger partial charge in [-0.15, -0.1) is 0 Å². The highest BCUT2D eigenvalue weighted by molar-refractivity contribution is 7.85. The van der Waals surface area contributed by atoms with Crippen LogP contribution >= 0.6 is 34.8 Å². The van der Waals surface area contributed by atoms with Gasteiger partial charge in [-0.1, -0.05) is 52.6 Å². The third-order valence-electron chi connectivity index (χ3n) is 2.14. The summed E-state index contributed by atoms with van der Waals surface area (Å²) in [5.74, 6) is 0.565. The lowest BCUT2D eigenvalue weighted by molar-refractivity contribution is -0.679. The SMILES string of the molecule is CC(C)c1n(S(=O)(=O)OCC(Cl)(Cl)Cl)cc[n+]1C. The Hall–Kier alpha value is -0.0100. The number of aryl methyl sites for hydroxylation is 1. The van der Waals surface area contributed by atoms with Gasteiger partial charge in [-0.3, -0.25) is 0 Å². The summed E-state index contributed by atoms with van der Waals surface area (Å²) in [5, 5.41) is 0. The molecule has 18 heavy (non-hydrogen) atoms. The summed E-state index contributed by atoms with van der Waals surface area (Å²) in [6.07, 6.45) is 3.01. The Bertz CT molecular complexity index is 520. The van der Waals surface area contributed by atoms with Crippen LogP contribution < -0.4 is 4.57 Å². The fourth-order valence-electron chi connectivity index (χ4n) is 1.52. The Morgan fingerprint density at radius 2 is 2.00 bits per heavy atom. The molecule has 0 aromatic carbocycles. The maximum Gasteiger partial charge on any atom is 0.442 e. The summed E-state index contributed by atoms with van der Waals surface area (Å²) in [7, 11) is -2.26. The van der Waals surface area contributed by atoms with Gasteiger partial charge in [0.15, 0.2) is 0 Å². The lowest BCUT2D eigenvalue weighted by Gasteiger charge is -2.10. The average Bonchev–Trinajstić information content (AvgIpc) is 2.57. The van der Waals surface area contributed by atoms with Crippen LogP contribution in [0.3, 0.4) is 0 Å². The van der Waals surface area contributed by atoms with Crippen molar-refractivity contribution in [3.05, 3.63) is 18.2 Å². The highest BCUT2D eigenvalue weighted by atomic mass is 35.6. The molecule has 0 aliphatic heterocycles. The van der Waals surface area contributed by atoms with Crippen LogP contribution in [0.15, 0.2) is 12.4 Å². The van der Waals surface area contributed by atoms with E-state index in [0.717, 1.165) is 3.97 Å². The van der Waals surface area contributed by atoms with E-state index in [-0.39, 0.29) is 5.92 Å². The van der Waals surface area contributed by atoms with Crippen LogP contribution in [0, 0.1) is 0 Å². The van der Waals surface area contributed by atoms with Crippen LogP contribution in [0.2, 0.25) is 0 Å². The zero-order valence-corrected chi connectivity index (χ0v) is 13.2. The molecule has 9 heteroatoms. The van der Waals surface area contributed by atoms with E-state index in [2.05, 4.69) is 0 Å². The molecular formula is C9H14Cl3N2O3S+. The minimum atomic E-state index is -4.01. The molecule has 104 valence electrons. The first kappa shape index (κ1) is 16.0. The molecule has 0 bridgehead atoms. The Balaban J connectivity index is 3.06. The second kappa shape index (κ2) is 5.54. The van der Waals surface area contributed by atoms with Gasteiger partial charge in [-0.25, -0.2) is 8.75 Å². The summed E-state index contributed by atoms with van der Waals surface area (Å²) < 4.78 is 29.6. The van der Waals surface area contributed by atoms with Crippen molar-refractivity contribution in [2.75, 3.05) is 6.61 Å². The van der Waals surface area contributed by atoms with Crippen LogP contribution in [0.4, 0.5) is 0 Å². The van der Waals surface area contributed by atoms with Gasteiger partial charge in [-0.2, -0.15) is 8.42 Å². The molecule has 0 aliphatic rings. The zero-order chi connectivity index (χ0) is 14.1. The van der Waals surface area contributed by atoms with Gasteiger partial charge in [0.25, 0.3) is 5.82 Å². The van der Waals surface area contributed by atoms with E-state index >= 15 is 0 Å². The van der Waals surface area contributed by atoms with E-state index in [9.17, 15) is 8.42 Å². The van der Waals surface area contributed by atoms with Crippen molar-refractivity contribution in [1.82, 2.24) is 3.97 Å². The number of nitrogens with zero attached hydrogens (tertiary/aromatic N) is 2. The second-order valence-corrected chi connectivity index (χ2v) is 8.05. The van der Waals surface area contributed by atoms with E-state index in [1.165, 1.54) is 6.20 Å². The van der Waals surface area contributed by atoms with Crippen molar-refractivity contribution in [2.45, 2.75) is 23.6 Å². The topological polar surface area (TPSA) is 52.2 Å². The summed E-state index contributed by atoms with van der Waals surface area (Å²) in [5.41, 5.74) is 0. The molecule has 1 rings (SSSR count). The van der Waals surface area contributed by atoms with Gasteiger partial charge in [0.1, 0.15) is 19.0 Å². The number of aromatic nitrogens is 2. The second-order valence-electron chi connectivity index (χ2n) is 4.05. The number of halogens is 3. The van der Waals surface area contributed by atoms with Crippen molar-refractivity contribution >= 4 is 45.1 Å². The summed E-state index contributed by atoms with van der Waals surface area (Å²) in [6, 6.07) is 0. The number of imidazole rings is 1. The Labute approximate surface area is 121 Å². The smallest absolute Gasteiger partial charge is 0.236 e. The van der Waals surface area contributed by atoms with Gasteiger partial charge >= 0.3 is 10.3 Å². The minimum absolute atomic E-state index is 0.00358. The normalized spacial score (nSPS) is 13.3. The molecule has 0 fully saturated rings. The van der Waals surface area contributed by atoms with Crippen molar-refractivity contribution in [1.29, 1.82) is 0 Å². The monoisotopic (exact) mass is 335 g/mol. The lowest BCUT2D eigenvalue weighted by atomic mass is 10.2. The van der Waals surface area contributed by atoms with Gasteiger partial charge in [0, 0.05) is 0 Å². The molecule has 0 unspecified atom stereocenters. The highest BCUT2D eigenvalue weighted by Gasteiger charge is 2.32. The van der Waals surface area contributed by atoms with Crippen LogP contribution in [-0.4, -0.2) is 22.8 Å². The number of hydrogen-bond donors (Lipinski definition) is 0. The minimum Gasteiger partial charge on any atom is -0.236 e. The lowest BCUT2D eigenvalue weighted by Crippen LogP contribution is -2.35. The molecule has 0 spiro atoms. The van der Waals surface area contributed by atoms with E-state index in [4.69, 9.17) is 39.0 Å². The van der Waals surface area contributed by atoms with Gasteiger partial charge in [0.05, 0.1) is 13.0 Å². The molecule has 0 amide bonds. The fraction of sp³-hybridized carbons (Fsp3) is 0.667. The molecule has 0 N–H and O–H groups in total. The zero-order valence-electron chi connectivity index (χ0n) is 10.1. The summed E-state index contributed by atoms with van der Waals surface area (Å²) in [4.78, 5) is 0. The Kier molecular flexibility index (Phi) is 4.94. The molecule has 0 atom stereocenters. The first-order valence-electron chi connectivity index (χ1n) is 5.08. The van der Waals surface area contributed by atoms with Crippen molar-refractivity contribution in [3.8, 4) is 0 Å². The Morgan fingerprint density at radius 1 is 1.44 bits per heavy atom. The van der Waals surface area contributed by atoms with E-state index in [0.29, 0.717) is 5.82 Å². The largest absolute Gasteiger partial charge is 0.442 e. The van der Waals surface area contributed by atoms with E-state index in [1.54, 1.807) is 17.8 Å². The van der Waals surface area contributed by atoms with Crippen LogP contribution in [0.25, 0.3) is 0 Å². The highest BCUT2D eigenvalue weighted by Crippen LogP contribution is 2.27. The summed E-state index contributed by atoms with van der Waals surface area (Å²) in [6.45, 7) is 3.20. The molecule has 0 aliphatic carbocycles. The van der Waals surface area contributed by atoms with Crippen LogP contribution in [-0.2, 0) is 21.5 Å². The number of rotatable bonds is 4. The fourth-order valence-corrected chi connectivity index (χ4v) is 3.09. The predicted octanol–water partition coefficient (Wildman–Crippen LogP) is 1.92. The van der Waals surface area contributed by atoms with Gasteiger partial charge in [-0.05, 0) is 0 Å². The van der Waals surface area contributed by atoms with Crippen LogP contribution in [0.1, 0.15) is 25.6 Å². The van der Waals surface area contributed by atoms with Crippen LogP contribution in [0.5, 0.6) is 0 Å². The molecule has 0 saturated carbocycles. The maximum atomic E-state index is 12.0. The van der Waals surface area contributed by atoms with Crippen molar-refractivity contribution < 1.29 is 17.2 Å². The number of alkyl halides is 3. The molecule has 1 aromatic rings. The standard InChI is InChI=1S/C9H14Cl3N2O3S/c1-7(2)8-13(3)4-5-14(8)18(15,16)17-6-9(10,11)12/h4-5,7H,6H2,1-3H3/q+1. The third-order valence-corrected chi connectivity index (χ3v) is 3.68. The number of hydrogen-bond acceptors (Lipinski definition) is 3. The average molecular weight is 337 g/mol.